The van der Waals surface area contributed by atoms with Crippen LogP contribution in [0.25, 0.3) is 0 Å². The predicted octanol–water partition coefficient (Wildman–Crippen LogP) is -1.38. The molecule has 1 unspecified atom stereocenters. The molecular formula is C5H8O8S. The second-order valence-electron chi connectivity index (χ2n) is 1.94. The van der Waals surface area contributed by atoms with E-state index in [4.69, 9.17) is 19.6 Å². The van der Waals surface area contributed by atoms with E-state index in [1.807, 2.05) is 6.79 Å². The normalized spacial score (nSPS) is 12.1. The van der Waals surface area contributed by atoms with Gasteiger partial charge in [-0.3, -0.25) is 14.1 Å². The highest BCUT2D eigenvalue weighted by molar-refractivity contribution is 7.87. The number of carbonyl (C=O) groups is 3. The third-order valence-electron chi connectivity index (χ3n) is 0.995. The van der Waals surface area contributed by atoms with E-state index in [0.717, 1.165) is 0 Å². The van der Waals surface area contributed by atoms with Crippen molar-refractivity contribution in [2.75, 3.05) is 0 Å². The maximum atomic E-state index is 10.2. The first-order valence-corrected chi connectivity index (χ1v) is 4.45. The summed E-state index contributed by atoms with van der Waals surface area (Å²) in [5.41, 5.74) is 0. The molecule has 0 spiro atoms. The molecule has 0 saturated carbocycles. The fourth-order valence-corrected chi connectivity index (χ4v) is 1.09. The monoisotopic (exact) mass is 228 g/mol. The molecule has 0 aliphatic rings. The van der Waals surface area contributed by atoms with Gasteiger partial charge in [-0.05, 0) is 0 Å². The lowest BCUT2D eigenvalue weighted by molar-refractivity contribution is -0.143. The smallest absolute Gasteiger partial charge is 0.325 e. The number of carboxylic acids is 2. The van der Waals surface area contributed by atoms with Gasteiger partial charge in [0, 0.05) is 0 Å². The zero-order valence-electron chi connectivity index (χ0n) is 6.78. The van der Waals surface area contributed by atoms with Gasteiger partial charge >= 0.3 is 11.9 Å². The molecule has 0 amide bonds. The predicted molar refractivity (Wildman–Crippen MR) is 42.3 cm³/mol. The number of hydrogen-bond acceptors (Lipinski definition) is 5. The molecule has 0 bridgehead atoms. The minimum atomic E-state index is -4.84. The lowest BCUT2D eigenvalue weighted by Crippen LogP contribution is -2.31. The average Bonchev–Trinajstić information content (AvgIpc) is 2.01. The van der Waals surface area contributed by atoms with Gasteiger partial charge in [-0.2, -0.15) is 8.42 Å². The van der Waals surface area contributed by atoms with Crippen LogP contribution in [0.1, 0.15) is 6.42 Å². The second-order valence-corrected chi connectivity index (χ2v) is 3.54. The minimum absolute atomic E-state index is 1.16. The van der Waals surface area contributed by atoms with E-state index in [2.05, 4.69) is 0 Å². The number of carboxylic acid groups (broad SMARTS) is 2. The molecule has 0 aromatic carbocycles. The van der Waals surface area contributed by atoms with Crippen LogP contribution in [0.3, 0.4) is 0 Å². The zero-order valence-corrected chi connectivity index (χ0v) is 7.60. The summed E-state index contributed by atoms with van der Waals surface area (Å²) in [6.45, 7) is 2.00. The summed E-state index contributed by atoms with van der Waals surface area (Å²) in [6.07, 6.45) is -1.16. The molecule has 0 saturated heterocycles. The number of hydrogen-bond donors (Lipinski definition) is 3. The molecule has 0 radical (unpaired) electrons. The molecule has 0 fully saturated rings. The van der Waals surface area contributed by atoms with Crippen molar-refractivity contribution in [3.8, 4) is 0 Å². The lowest BCUT2D eigenvalue weighted by Gasteiger charge is -2.04. The fraction of sp³-hybridized carbons (Fsp3) is 0.400. The van der Waals surface area contributed by atoms with Crippen LogP contribution in [0.2, 0.25) is 0 Å². The van der Waals surface area contributed by atoms with Crippen LogP contribution in [0.5, 0.6) is 0 Å². The van der Waals surface area contributed by atoms with E-state index in [0.29, 0.717) is 0 Å². The third-order valence-corrected chi connectivity index (χ3v) is 2.08. The minimum Gasteiger partial charge on any atom is -0.481 e. The molecule has 3 N–H and O–H groups in total. The Bertz CT molecular complexity index is 304. The van der Waals surface area contributed by atoms with Gasteiger partial charge in [-0.25, -0.2) is 0 Å². The van der Waals surface area contributed by atoms with Crippen LogP contribution in [0.15, 0.2) is 0 Å². The molecule has 9 heteroatoms. The highest BCUT2D eigenvalue weighted by atomic mass is 32.2. The van der Waals surface area contributed by atoms with Gasteiger partial charge < -0.3 is 15.0 Å². The summed E-state index contributed by atoms with van der Waals surface area (Å²) in [5, 5.41) is 13.9. The molecule has 1 atom stereocenters. The van der Waals surface area contributed by atoms with Crippen LogP contribution in [-0.4, -0.2) is 47.2 Å². The average molecular weight is 228 g/mol. The summed E-state index contributed by atoms with van der Waals surface area (Å²) in [4.78, 5) is 28.0. The molecule has 0 aromatic heterocycles. The summed E-state index contributed by atoms with van der Waals surface area (Å²) < 4.78 is 28.7. The quantitative estimate of drug-likeness (QED) is 0.498. The molecular weight excluding hydrogens is 220 g/mol. The Morgan fingerprint density at radius 1 is 1.21 bits per heavy atom. The van der Waals surface area contributed by atoms with Crippen molar-refractivity contribution in [1.29, 1.82) is 0 Å². The Kier molecular flexibility index (Phi) is 6.48. The summed E-state index contributed by atoms with van der Waals surface area (Å²) >= 11 is 0. The standard InChI is InChI=1S/C4H6O7S.CH2O/c5-3(6)1-2(4(7)8)12(9,10)11;1-2/h2H,1H2,(H,5,6)(H,7,8)(H,9,10,11);1H2. The second kappa shape index (κ2) is 6.05. The Labute approximate surface area is 78.9 Å². The highest BCUT2D eigenvalue weighted by Crippen LogP contribution is 2.04. The molecule has 0 heterocycles. The first-order chi connectivity index (χ1) is 6.25. The van der Waals surface area contributed by atoms with E-state index in [1.54, 1.807) is 0 Å². The van der Waals surface area contributed by atoms with E-state index in [-0.39, 0.29) is 0 Å². The maximum absolute atomic E-state index is 10.2. The lowest BCUT2D eigenvalue weighted by atomic mass is 10.3. The number of rotatable bonds is 4. The topological polar surface area (TPSA) is 146 Å². The van der Waals surface area contributed by atoms with Gasteiger partial charge in [0.25, 0.3) is 10.1 Å². The van der Waals surface area contributed by atoms with E-state index in [9.17, 15) is 18.0 Å². The summed E-state index contributed by atoms with van der Waals surface area (Å²) in [5.74, 6) is -3.50. The van der Waals surface area contributed by atoms with Gasteiger partial charge in [-0.1, -0.05) is 0 Å². The van der Waals surface area contributed by atoms with Crippen molar-refractivity contribution in [3.63, 3.8) is 0 Å². The first kappa shape index (κ1) is 15.0. The van der Waals surface area contributed by atoms with Crippen LogP contribution >= 0.6 is 0 Å². The molecule has 14 heavy (non-hydrogen) atoms. The van der Waals surface area contributed by atoms with E-state index >= 15 is 0 Å². The van der Waals surface area contributed by atoms with Gasteiger partial charge in [0.15, 0.2) is 5.25 Å². The fourth-order valence-electron chi connectivity index (χ4n) is 0.479. The van der Waals surface area contributed by atoms with Crippen LogP contribution in [0.4, 0.5) is 0 Å². The Hall–Kier alpha value is -1.48. The molecule has 0 rings (SSSR count). The Balaban J connectivity index is 0. The van der Waals surface area contributed by atoms with Gasteiger partial charge in [-0.15, -0.1) is 0 Å². The van der Waals surface area contributed by atoms with Gasteiger partial charge in [0.1, 0.15) is 6.79 Å². The third kappa shape index (κ3) is 6.08. The maximum Gasteiger partial charge on any atom is 0.325 e. The SMILES string of the molecule is C=O.O=C(O)CC(C(=O)O)S(=O)(=O)O. The van der Waals surface area contributed by atoms with Crippen molar-refractivity contribution in [2.24, 2.45) is 0 Å². The van der Waals surface area contributed by atoms with Crippen LogP contribution in [0, 0.1) is 0 Å². The van der Waals surface area contributed by atoms with Crippen molar-refractivity contribution >= 4 is 28.8 Å². The van der Waals surface area contributed by atoms with Crippen molar-refractivity contribution < 1.29 is 37.6 Å². The number of carbonyl (C=O) groups excluding carboxylic acids is 1. The molecule has 0 aliphatic carbocycles. The zero-order chi connectivity index (χ0) is 11.9. The molecule has 0 aliphatic heterocycles. The Morgan fingerprint density at radius 2 is 1.57 bits per heavy atom. The first-order valence-electron chi connectivity index (χ1n) is 2.95. The molecule has 8 nitrogen and oxygen atoms in total. The van der Waals surface area contributed by atoms with E-state index < -0.39 is 33.7 Å². The van der Waals surface area contributed by atoms with Gasteiger partial charge in [0.05, 0.1) is 6.42 Å². The molecule has 0 aromatic rings. The summed E-state index contributed by atoms with van der Waals surface area (Å²) in [6, 6.07) is 0. The van der Waals surface area contributed by atoms with Crippen molar-refractivity contribution in [2.45, 2.75) is 11.7 Å². The van der Waals surface area contributed by atoms with Crippen molar-refractivity contribution in [3.05, 3.63) is 0 Å². The molecule has 82 valence electrons. The number of aliphatic carboxylic acids is 2. The highest BCUT2D eigenvalue weighted by Gasteiger charge is 2.33. The van der Waals surface area contributed by atoms with Crippen LogP contribution < -0.4 is 0 Å². The van der Waals surface area contributed by atoms with Crippen molar-refractivity contribution in [1.82, 2.24) is 0 Å². The summed E-state index contributed by atoms with van der Waals surface area (Å²) in [7, 11) is -4.84. The van der Waals surface area contributed by atoms with Crippen LogP contribution in [-0.2, 0) is 24.5 Å². The Morgan fingerprint density at radius 3 is 1.64 bits per heavy atom. The van der Waals surface area contributed by atoms with E-state index in [1.165, 1.54) is 0 Å². The largest absolute Gasteiger partial charge is 0.481 e. The van der Waals surface area contributed by atoms with Gasteiger partial charge in [0.2, 0.25) is 0 Å².